The number of nitrogens with one attached hydrogen (secondary N) is 1. The summed E-state index contributed by atoms with van der Waals surface area (Å²) >= 11 is 1.71. The fraction of sp³-hybridized carbons (Fsp3) is 0.500. The SMILES string of the molecule is CCc1cc2c(N(CC)CC)nc(NN)nc2s1. The standard InChI is InChI=1S/C12H19N5S/c1-4-8-7-9-10(17(5-2)6-3)14-12(16-13)15-11(9)18-8/h7H,4-6,13H2,1-3H3,(H,14,15,16). The Labute approximate surface area is 111 Å². The molecule has 2 aromatic heterocycles. The van der Waals surface area contributed by atoms with E-state index >= 15 is 0 Å². The molecule has 98 valence electrons. The average Bonchev–Trinajstić information content (AvgIpc) is 2.82. The Hall–Kier alpha value is -1.40. The number of hydrazine groups is 1. The number of rotatable bonds is 5. The van der Waals surface area contributed by atoms with Crippen molar-refractivity contribution in [2.45, 2.75) is 27.2 Å². The first-order valence-corrected chi connectivity index (χ1v) is 7.07. The molecule has 0 aliphatic rings. The molecule has 2 heterocycles. The van der Waals surface area contributed by atoms with E-state index in [4.69, 9.17) is 5.84 Å². The molecule has 0 saturated carbocycles. The van der Waals surface area contributed by atoms with E-state index in [1.165, 1.54) is 4.88 Å². The van der Waals surface area contributed by atoms with E-state index in [-0.39, 0.29) is 0 Å². The second-order valence-electron chi connectivity index (χ2n) is 3.97. The molecule has 0 unspecified atom stereocenters. The van der Waals surface area contributed by atoms with E-state index in [9.17, 15) is 0 Å². The highest BCUT2D eigenvalue weighted by molar-refractivity contribution is 7.18. The van der Waals surface area contributed by atoms with Gasteiger partial charge in [-0.25, -0.2) is 10.8 Å². The topological polar surface area (TPSA) is 67.1 Å². The van der Waals surface area contributed by atoms with Gasteiger partial charge in [-0.15, -0.1) is 11.3 Å². The van der Waals surface area contributed by atoms with Crippen molar-refractivity contribution in [2.75, 3.05) is 23.4 Å². The van der Waals surface area contributed by atoms with E-state index in [0.717, 1.165) is 35.5 Å². The van der Waals surface area contributed by atoms with E-state index in [0.29, 0.717) is 5.95 Å². The van der Waals surface area contributed by atoms with Crippen LogP contribution >= 0.6 is 11.3 Å². The molecule has 2 rings (SSSR count). The molecule has 0 amide bonds. The fourth-order valence-corrected chi connectivity index (χ4v) is 2.92. The van der Waals surface area contributed by atoms with Crippen molar-refractivity contribution < 1.29 is 0 Å². The van der Waals surface area contributed by atoms with Crippen LogP contribution in [0.15, 0.2) is 6.07 Å². The largest absolute Gasteiger partial charge is 0.356 e. The van der Waals surface area contributed by atoms with Crippen LogP contribution in [0.4, 0.5) is 11.8 Å². The van der Waals surface area contributed by atoms with Crippen molar-refractivity contribution in [2.24, 2.45) is 5.84 Å². The number of fused-ring (bicyclic) bond motifs is 1. The summed E-state index contributed by atoms with van der Waals surface area (Å²) in [5.74, 6) is 6.89. The Morgan fingerprint density at radius 1 is 1.28 bits per heavy atom. The van der Waals surface area contributed by atoms with Gasteiger partial charge in [0.2, 0.25) is 5.95 Å². The summed E-state index contributed by atoms with van der Waals surface area (Å²) in [7, 11) is 0. The Morgan fingerprint density at radius 2 is 2.00 bits per heavy atom. The number of thiophene rings is 1. The minimum atomic E-state index is 0.480. The molecule has 18 heavy (non-hydrogen) atoms. The van der Waals surface area contributed by atoms with Gasteiger partial charge >= 0.3 is 0 Å². The first-order valence-electron chi connectivity index (χ1n) is 6.25. The smallest absolute Gasteiger partial charge is 0.240 e. The predicted molar refractivity (Wildman–Crippen MR) is 78.2 cm³/mol. The average molecular weight is 265 g/mol. The van der Waals surface area contributed by atoms with Gasteiger partial charge in [0.1, 0.15) is 10.6 Å². The first-order chi connectivity index (χ1) is 8.73. The van der Waals surface area contributed by atoms with Gasteiger partial charge in [0.15, 0.2) is 0 Å². The van der Waals surface area contributed by atoms with Gasteiger partial charge in [0.05, 0.1) is 5.39 Å². The summed E-state index contributed by atoms with van der Waals surface area (Å²) in [6, 6.07) is 2.19. The Balaban J connectivity index is 2.63. The number of nitrogen functional groups attached to an aromatic ring is 1. The summed E-state index contributed by atoms with van der Waals surface area (Å²) < 4.78 is 0. The number of aromatic nitrogens is 2. The van der Waals surface area contributed by atoms with Gasteiger partial charge < -0.3 is 4.90 Å². The number of hydrogen-bond acceptors (Lipinski definition) is 6. The highest BCUT2D eigenvalue weighted by atomic mass is 32.1. The van der Waals surface area contributed by atoms with E-state index in [2.05, 4.69) is 47.1 Å². The third-order valence-corrected chi connectivity index (χ3v) is 4.14. The molecule has 5 nitrogen and oxygen atoms in total. The maximum Gasteiger partial charge on any atom is 0.240 e. The van der Waals surface area contributed by atoms with Crippen LogP contribution in [0.2, 0.25) is 0 Å². The normalized spacial score (nSPS) is 10.9. The molecule has 0 bridgehead atoms. The summed E-state index contributed by atoms with van der Waals surface area (Å²) in [5, 5.41) is 1.12. The Morgan fingerprint density at radius 3 is 2.56 bits per heavy atom. The van der Waals surface area contributed by atoms with Crippen molar-refractivity contribution in [3.63, 3.8) is 0 Å². The van der Waals surface area contributed by atoms with Crippen molar-refractivity contribution in [1.29, 1.82) is 0 Å². The maximum atomic E-state index is 5.44. The van der Waals surface area contributed by atoms with Gasteiger partial charge in [-0.2, -0.15) is 4.98 Å². The highest BCUT2D eigenvalue weighted by Gasteiger charge is 2.14. The van der Waals surface area contributed by atoms with Crippen molar-refractivity contribution in [1.82, 2.24) is 9.97 Å². The van der Waals surface area contributed by atoms with Crippen LogP contribution < -0.4 is 16.2 Å². The van der Waals surface area contributed by atoms with E-state index in [1.807, 2.05) is 0 Å². The lowest BCUT2D eigenvalue weighted by Crippen LogP contribution is -2.24. The fourth-order valence-electron chi connectivity index (χ4n) is 1.96. The van der Waals surface area contributed by atoms with Crippen molar-refractivity contribution in [3.8, 4) is 0 Å². The molecule has 6 heteroatoms. The molecule has 0 spiro atoms. The van der Waals surface area contributed by atoms with Crippen LogP contribution in [0.25, 0.3) is 10.2 Å². The molecular formula is C12H19N5S. The van der Waals surface area contributed by atoms with Crippen molar-refractivity contribution >= 4 is 33.3 Å². The number of nitrogens with two attached hydrogens (primary N) is 1. The quantitative estimate of drug-likeness (QED) is 0.642. The van der Waals surface area contributed by atoms with Crippen LogP contribution in [0, 0.1) is 0 Å². The van der Waals surface area contributed by atoms with E-state index in [1.54, 1.807) is 11.3 Å². The summed E-state index contributed by atoms with van der Waals surface area (Å²) in [5.41, 5.74) is 2.55. The van der Waals surface area contributed by atoms with Gasteiger partial charge in [-0.3, -0.25) is 5.43 Å². The lowest BCUT2D eigenvalue weighted by molar-refractivity contribution is 0.849. The number of nitrogens with zero attached hydrogens (tertiary/aromatic N) is 3. The van der Waals surface area contributed by atoms with Crippen LogP contribution in [-0.2, 0) is 6.42 Å². The van der Waals surface area contributed by atoms with E-state index < -0.39 is 0 Å². The molecular weight excluding hydrogens is 246 g/mol. The number of hydrogen-bond donors (Lipinski definition) is 2. The molecule has 0 radical (unpaired) electrons. The maximum absolute atomic E-state index is 5.44. The molecule has 2 aromatic rings. The molecule has 0 atom stereocenters. The third kappa shape index (κ3) is 2.26. The molecule has 0 aliphatic carbocycles. The first kappa shape index (κ1) is 13.0. The van der Waals surface area contributed by atoms with Crippen molar-refractivity contribution in [3.05, 3.63) is 10.9 Å². The molecule has 3 N–H and O–H groups in total. The monoisotopic (exact) mass is 265 g/mol. The van der Waals surface area contributed by atoms with Gasteiger partial charge in [0, 0.05) is 18.0 Å². The van der Waals surface area contributed by atoms with Crippen LogP contribution in [-0.4, -0.2) is 23.1 Å². The third-order valence-electron chi connectivity index (χ3n) is 2.96. The van der Waals surface area contributed by atoms with Gasteiger partial charge in [0.25, 0.3) is 0 Å². The van der Waals surface area contributed by atoms with Crippen LogP contribution in [0.3, 0.4) is 0 Å². The number of anilines is 2. The summed E-state index contributed by atoms with van der Waals surface area (Å²) in [6.07, 6.45) is 1.02. The lowest BCUT2D eigenvalue weighted by Gasteiger charge is -2.20. The molecule has 0 fully saturated rings. The zero-order valence-corrected chi connectivity index (χ0v) is 11.8. The molecule has 0 saturated heterocycles. The summed E-state index contributed by atoms with van der Waals surface area (Å²) in [6.45, 7) is 8.24. The van der Waals surface area contributed by atoms with Gasteiger partial charge in [-0.05, 0) is 26.3 Å². The molecule has 0 aromatic carbocycles. The Bertz CT molecular complexity index is 532. The molecule has 0 aliphatic heterocycles. The lowest BCUT2D eigenvalue weighted by atomic mass is 10.3. The Kier molecular flexibility index (Phi) is 3.98. The second-order valence-corrected chi connectivity index (χ2v) is 5.09. The predicted octanol–water partition coefficient (Wildman–Crippen LogP) is 2.39. The minimum Gasteiger partial charge on any atom is -0.356 e. The van der Waals surface area contributed by atoms with Crippen LogP contribution in [0.5, 0.6) is 0 Å². The van der Waals surface area contributed by atoms with Crippen LogP contribution in [0.1, 0.15) is 25.6 Å². The zero-order valence-electron chi connectivity index (χ0n) is 11.0. The zero-order chi connectivity index (χ0) is 13.1. The highest BCUT2D eigenvalue weighted by Crippen LogP contribution is 2.32. The minimum absolute atomic E-state index is 0.480. The summed E-state index contributed by atoms with van der Waals surface area (Å²) in [4.78, 5) is 13.5. The second kappa shape index (κ2) is 5.49. The number of aryl methyl sites for hydroxylation is 1. The van der Waals surface area contributed by atoms with Gasteiger partial charge in [-0.1, -0.05) is 6.92 Å².